The van der Waals surface area contributed by atoms with Crippen LogP contribution in [0.5, 0.6) is 11.5 Å². The molecule has 2 rings (SSSR count). The molecule has 2 aromatic carbocycles. The fourth-order valence-corrected chi connectivity index (χ4v) is 2.33. The van der Waals surface area contributed by atoms with E-state index in [1.807, 2.05) is 0 Å². The molecule has 2 aromatic rings. The number of hydrogen-bond acceptors (Lipinski definition) is 4. The van der Waals surface area contributed by atoms with E-state index in [1.54, 1.807) is 43.5 Å². The Kier molecular flexibility index (Phi) is 7.61. The van der Waals surface area contributed by atoms with Crippen LogP contribution in [0.3, 0.4) is 0 Å². The molecule has 1 N–H and O–H groups in total. The van der Waals surface area contributed by atoms with Crippen LogP contribution in [0.1, 0.15) is 12.5 Å². The second kappa shape index (κ2) is 10.2. The Morgan fingerprint density at radius 2 is 1.67 bits per heavy atom. The molecule has 144 valence electrons. The molecule has 0 fully saturated rings. The highest BCUT2D eigenvalue weighted by Crippen LogP contribution is 2.16. The van der Waals surface area contributed by atoms with Crippen molar-refractivity contribution in [3.05, 3.63) is 59.9 Å². The van der Waals surface area contributed by atoms with E-state index in [0.717, 1.165) is 11.3 Å². The van der Waals surface area contributed by atoms with Crippen molar-refractivity contribution in [3.63, 3.8) is 0 Å². The van der Waals surface area contributed by atoms with Crippen molar-refractivity contribution >= 4 is 11.8 Å². The number of methoxy groups -OCH3 is 1. The van der Waals surface area contributed by atoms with Crippen LogP contribution < -0.4 is 14.8 Å². The lowest BCUT2D eigenvalue weighted by molar-refractivity contribution is -0.134. The van der Waals surface area contributed by atoms with E-state index in [9.17, 15) is 14.0 Å². The largest absolute Gasteiger partial charge is 0.497 e. The van der Waals surface area contributed by atoms with Crippen molar-refractivity contribution < 1.29 is 23.5 Å². The van der Waals surface area contributed by atoms with Crippen LogP contribution in [-0.2, 0) is 16.1 Å². The molecule has 0 spiro atoms. The van der Waals surface area contributed by atoms with E-state index >= 15 is 0 Å². The monoisotopic (exact) mass is 374 g/mol. The van der Waals surface area contributed by atoms with Gasteiger partial charge in [-0.15, -0.1) is 0 Å². The quantitative estimate of drug-likeness (QED) is 0.732. The average Bonchev–Trinajstić information content (AvgIpc) is 2.67. The summed E-state index contributed by atoms with van der Waals surface area (Å²) in [7, 11) is 1.59. The van der Waals surface area contributed by atoms with Gasteiger partial charge in [0.25, 0.3) is 0 Å². The Hall–Kier alpha value is -3.09. The zero-order chi connectivity index (χ0) is 19.6. The third kappa shape index (κ3) is 6.97. The minimum Gasteiger partial charge on any atom is -0.497 e. The molecule has 6 nitrogen and oxygen atoms in total. The van der Waals surface area contributed by atoms with Crippen molar-refractivity contribution in [2.75, 3.05) is 26.8 Å². The van der Waals surface area contributed by atoms with E-state index in [-0.39, 0.29) is 43.9 Å². The molecule has 0 radical (unpaired) electrons. The van der Waals surface area contributed by atoms with Gasteiger partial charge in [0, 0.05) is 13.5 Å². The Morgan fingerprint density at radius 3 is 2.26 bits per heavy atom. The molecule has 2 amide bonds. The molecule has 0 aliphatic rings. The van der Waals surface area contributed by atoms with E-state index < -0.39 is 0 Å². The van der Waals surface area contributed by atoms with Crippen molar-refractivity contribution in [3.8, 4) is 11.5 Å². The summed E-state index contributed by atoms with van der Waals surface area (Å²) in [6.07, 6.45) is 0. The molecule has 0 aliphatic carbocycles. The minimum atomic E-state index is -0.329. The molecular weight excluding hydrogens is 351 g/mol. The highest BCUT2D eigenvalue weighted by Gasteiger charge is 2.13. The number of nitrogens with zero attached hydrogens (tertiary/aromatic N) is 1. The molecule has 7 heteroatoms. The van der Waals surface area contributed by atoms with E-state index in [0.29, 0.717) is 5.75 Å². The average molecular weight is 374 g/mol. The molecule has 0 saturated heterocycles. The molecule has 0 aromatic heterocycles. The van der Waals surface area contributed by atoms with Crippen molar-refractivity contribution in [2.24, 2.45) is 0 Å². The second-order valence-corrected chi connectivity index (χ2v) is 5.87. The topological polar surface area (TPSA) is 67.9 Å². The molecule has 0 unspecified atom stereocenters. The van der Waals surface area contributed by atoms with E-state index in [2.05, 4.69) is 5.32 Å². The SMILES string of the molecule is COc1ccc(OCCN(CC(=O)NCc2ccc(F)cc2)C(C)=O)cc1. The Labute approximate surface area is 157 Å². The summed E-state index contributed by atoms with van der Waals surface area (Å²) < 4.78 is 23.5. The molecule has 0 heterocycles. The fourth-order valence-electron chi connectivity index (χ4n) is 2.33. The molecule has 27 heavy (non-hydrogen) atoms. The van der Waals surface area contributed by atoms with Crippen LogP contribution in [0.2, 0.25) is 0 Å². The van der Waals surface area contributed by atoms with Gasteiger partial charge < -0.3 is 19.7 Å². The molecular formula is C20H23FN2O4. The van der Waals surface area contributed by atoms with Gasteiger partial charge in [0.1, 0.15) is 23.9 Å². The normalized spacial score (nSPS) is 10.2. The highest BCUT2D eigenvalue weighted by molar-refractivity contribution is 5.83. The van der Waals surface area contributed by atoms with Gasteiger partial charge in [-0.05, 0) is 42.0 Å². The van der Waals surface area contributed by atoms with Crippen LogP contribution in [0, 0.1) is 5.82 Å². The maximum Gasteiger partial charge on any atom is 0.239 e. The molecule has 0 bridgehead atoms. The van der Waals surface area contributed by atoms with Gasteiger partial charge in [0.15, 0.2) is 0 Å². The highest BCUT2D eigenvalue weighted by atomic mass is 19.1. The Balaban J connectivity index is 1.77. The lowest BCUT2D eigenvalue weighted by Gasteiger charge is -2.20. The molecule has 0 aliphatic heterocycles. The number of ether oxygens (including phenoxy) is 2. The third-order valence-corrected chi connectivity index (χ3v) is 3.87. The lowest BCUT2D eigenvalue weighted by Crippen LogP contribution is -2.41. The number of hydrogen-bond donors (Lipinski definition) is 1. The summed E-state index contributed by atoms with van der Waals surface area (Å²) in [6, 6.07) is 13.0. The number of carbonyl (C=O) groups is 2. The first-order valence-electron chi connectivity index (χ1n) is 8.51. The van der Waals surface area contributed by atoms with Gasteiger partial charge in [-0.1, -0.05) is 12.1 Å². The Bertz CT molecular complexity index is 748. The van der Waals surface area contributed by atoms with Crippen LogP contribution >= 0.6 is 0 Å². The van der Waals surface area contributed by atoms with Crippen molar-refractivity contribution in [2.45, 2.75) is 13.5 Å². The maximum absolute atomic E-state index is 12.9. The first kappa shape index (κ1) is 20.2. The number of nitrogens with one attached hydrogen (secondary N) is 1. The van der Waals surface area contributed by atoms with Gasteiger partial charge in [0.2, 0.25) is 11.8 Å². The Morgan fingerprint density at radius 1 is 1.04 bits per heavy atom. The maximum atomic E-state index is 12.9. The number of benzene rings is 2. The summed E-state index contributed by atoms with van der Waals surface area (Å²) >= 11 is 0. The van der Waals surface area contributed by atoms with Crippen LogP contribution in [0.4, 0.5) is 4.39 Å². The second-order valence-electron chi connectivity index (χ2n) is 5.87. The number of carbonyl (C=O) groups excluding carboxylic acids is 2. The van der Waals surface area contributed by atoms with Gasteiger partial charge >= 0.3 is 0 Å². The lowest BCUT2D eigenvalue weighted by atomic mass is 10.2. The smallest absolute Gasteiger partial charge is 0.239 e. The van der Waals surface area contributed by atoms with Crippen LogP contribution in [0.15, 0.2) is 48.5 Å². The fraction of sp³-hybridized carbons (Fsp3) is 0.300. The van der Waals surface area contributed by atoms with Crippen molar-refractivity contribution in [1.29, 1.82) is 0 Å². The standard InChI is InChI=1S/C20H23FN2O4/c1-15(24)23(11-12-27-19-9-7-18(26-2)8-10-19)14-20(25)22-13-16-3-5-17(21)6-4-16/h3-10H,11-14H2,1-2H3,(H,22,25). The molecule has 0 saturated carbocycles. The zero-order valence-electron chi connectivity index (χ0n) is 15.4. The first-order chi connectivity index (χ1) is 13.0. The predicted molar refractivity (Wildman–Crippen MR) is 99.0 cm³/mol. The van der Waals surface area contributed by atoms with E-state index in [4.69, 9.17) is 9.47 Å². The van der Waals surface area contributed by atoms with Crippen LogP contribution in [0.25, 0.3) is 0 Å². The van der Waals surface area contributed by atoms with Gasteiger partial charge in [-0.25, -0.2) is 4.39 Å². The van der Waals surface area contributed by atoms with Crippen LogP contribution in [-0.4, -0.2) is 43.5 Å². The number of amides is 2. The first-order valence-corrected chi connectivity index (χ1v) is 8.51. The predicted octanol–water partition coefficient (Wildman–Crippen LogP) is 2.38. The summed E-state index contributed by atoms with van der Waals surface area (Å²) in [4.78, 5) is 25.2. The summed E-state index contributed by atoms with van der Waals surface area (Å²) in [5, 5.41) is 2.71. The van der Waals surface area contributed by atoms with E-state index in [1.165, 1.54) is 24.0 Å². The molecule has 0 atom stereocenters. The summed E-state index contributed by atoms with van der Waals surface area (Å²) in [5.41, 5.74) is 0.780. The summed E-state index contributed by atoms with van der Waals surface area (Å²) in [6.45, 7) is 2.15. The minimum absolute atomic E-state index is 0.0670. The zero-order valence-corrected chi connectivity index (χ0v) is 15.4. The number of halogens is 1. The van der Waals surface area contributed by atoms with Gasteiger partial charge in [-0.3, -0.25) is 9.59 Å². The van der Waals surface area contributed by atoms with Gasteiger partial charge in [0.05, 0.1) is 20.2 Å². The van der Waals surface area contributed by atoms with Gasteiger partial charge in [-0.2, -0.15) is 0 Å². The summed E-state index contributed by atoms with van der Waals surface area (Å²) in [5.74, 6) is 0.541. The number of rotatable bonds is 9. The third-order valence-electron chi connectivity index (χ3n) is 3.87. The van der Waals surface area contributed by atoms with Crippen molar-refractivity contribution in [1.82, 2.24) is 10.2 Å².